The van der Waals surface area contributed by atoms with Gasteiger partial charge in [-0.25, -0.2) is 0 Å². The number of hydrogen-bond donors (Lipinski definition) is 0. The topological polar surface area (TPSA) is 9.23 Å². The molecule has 0 radical (unpaired) electrons. The average Bonchev–Trinajstić information content (AvgIpc) is 1.53. The standard InChI is InChI=1S/C9H15FO/c1-7(2)6-8(3)11-9(4,5)10/h6H,1H2,2-5H3/b8-6+. The van der Waals surface area contributed by atoms with Crippen LogP contribution in [0.5, 0.6) is 0 Å². The summed E-state index contributed by atoms with van der Waals surface area (Å²) in [4.78, 5) is 0. The summed E-state index contributed by atoms with van der Waals surface area (Å²) in [6.07, 6.45) is 1.70. The summed E-state index contributed by atoms with van der Waals surface area (Å²) in [5, 5.41) is 0. The zero-order chi connectivity index (χ0) is 9.07. The third-order valence-corrected chi connectivity index (χ3v) is 0.853. The van der Waals surface area contributed by atoms with E-state index in [1.165, 1.54) is 13.8 Å². The Morgan fingerprint density at radius 2 is 1.91 bits per heavy atom. The summed E-state index contributed by atoms with van der Waals surface area (Å²) in [6, 6.07) is 0. The molecular weight excluding hydrogens is 143 g/mol. The molecule has 0 amide bonds. The largest absolute Gasteiger partial charge is 0.463 e. The lowest BCUT2D eigenvalue weighted by atomic mass is 10.3. The third-order valence-electron chi connectivity index (χ3n) is 0.853. The Bertz CT molecular complexity index is 174. The molecule has 0 fully saturated rings. The van der Waals surface area contributed by atoms with Gasteiger partial charge in [0.2, 0.25) is 5.85 Å². The number of ether oxygens (including phenoxy) is 1. The Morgan fingerprint density at radius 3 is 2.18 bits per heavy atom. The number of hydrogen-bond acceptors (Lipinski definition) is 1. The van der Waals surface area contributed by atoms with Gasteiger partial charge in [0.1, 0.15) is 0 Å². The molecule has 2 heteroatoms. The molecule has 0 aliphatic rings. The Kier molecular flexibility index (Phi) is 3.30. The van der Waals surface area contributed by atoms with E-state index in [2.05, 4.69) is 6.58 Å². The molecule has 0 saturated carbocycles. The van der Waals surface area contributed by atoms with Crippen molar-refractivity contribution in [1.29, 1.82) is 0 Å². The Labute approximate surface area is 67.6 Å². The van der Waals surface area contributed by atoms with Gasteiger partial charge < -0.3 is 4.74 Å². The van der Waals surface area contributed by atoms with Crippen LogP contribution in [-0.2, 0) is 4.74 Å². The van der Waals surface area contributed by atoms with Crippen molar-refractivity contribution in [2.75, 3.05) is 0 Å². The average molecular weight is 158 g/mol. The van der Waals surface area contributed by atoms with E-state index < -0.39 is 5.85 Å². The van der Waals surface area contributed by atoms with E-state index in [4.69, 9.17) is 4.74 Å². The highest BCUT2D eigenvalue weighted by molar-refractivity contribution is 5.13. The summed E-state index contributed by atoms with van der Waals surface area (Å²) >= 11 is 0. The van der Waals surface area contributed by atoms with Crippen molar-refractivity contribution in [3.05, 3.63) is 24.0 Å². The van der Waals surface area contributed by atoms with Gasteiger partial charge in [-0.3, -0.25) is 0 Å². The SMILES string of the molecule is C=C(C)/C=C(\C)OC(C)(C)F. The lowest BCUT2D eigenvalue weighted by Gasteiger charge is -2.17. The molecule has 0 N–H and O–H groups in total. The molecule has 0 atom stereocenters. The van der Waals surface area contributed by atoms with Crippen LogP contribution < -0.4 is 0 Å². The van der Waals surface area contributed by atoms with Crippen LogP contribution in [0, 0.1) is 0 Å². The summed E-state index contributed by atoms with van der Waals surface area (Å²) in [5.74, 6) is -1.05. The molecule has 0 rings (SSSR count). The van der Waals surface area contributed by atoms with Crippen molar-refractivity contribution in [2.45, 2.75) is 33.5 Å². The monoisotopic (exact) mass is 158 g/mol. The van der Waals surface area contributed by atoms with Gasteiger partial charge in [0.25, 0.3) is 0 Å². The molecular formula is C9H15FO. The van der Waals surface area contributed by atoms with Crippen LogP contribution in [-0.4, -0.2) is 5.85 Å². The predicted molar refractivity (Wildman–Crippen MR) is 44.8 cm³/mol. The van der Waals surface area contributed by atoms with E-state index in [0.717, 1.165) is 5.57 Å². The minimum absolute atomic E-state index is 0.546. The zero-order valence-electron chi connectivity index (χ0n) is 7.57. The van der Waals surface area contributed by atoms with Gasteiger partial charge in [0.05, 0.1) is 5.76 Å². The fourth-order valence-corrected chi connectivity index (χ4v) is 0.759. The molecule has 0 aliphatic carbocycles. The maximum atomic E-state index is 12.8. The van der Waals surface area contributed by atoms with Crippen LogP contribution in [0.1, 0.15) is 27.7 Å². The van der Waals surface area contributed by atoms with E-state index >= 15 is 0 Å². The second-order valence-corrected chi connectivity index (χ2v) is 3.07. The second-order valence-electron chi connectivity index (χ2n) is 3.07. The number of rotatable bonds is 3. The highest BCUT2D eigenvalue weighted by atomic mass is 19.2. The summed E-state index contributed by atoms with van der Waals surface area (Å²) in [5.41, 5.74) is 0.853. The molecule has 0 saturated heterocycles. The number of allylic oxidation sites excluding steroid dienone is 3. The maximum absolute atomic E-state index is 12.8. The van der Waals surface area contributed by atoms with Crippen LogP contribution in [0.2, 0.25) is 0 Å². The van der Waals surface area contributed by atoms with Crippen molar-refractivity contribution in [1.82, 2.24) is 0 Å². The van der Waals surface area contributed by atoms with Crippen LogP contribution in [0.3, 0.4) is 0 Å². The first-order chi connectivity index (χ1) is 4.81. The van der Waals surface area contributed by atoms with Gasteiger partial charge in [-0.15, -0.1) is 0 Å². The Balaban J connectivity index is 4.07. The van der Waals surface area contributed by atoms with Gasteiger partial charge in [0, 0.05) is 13.8 Å². The minimum Gasteiger partial charge on any atom is -0.463 e. The van der Waals surface area contributed by atoms with Crippen molar-refractivity contribution in [3.8, 4) is 0 Å². The van der Waals surface area contributed by atoms with E-state index in [1.54, 1.807) is 13.0 Å². The molecule has 0 aliphatic heterocycles. The smallest absolute Gasteiger partial charge is 0.242 e. The molecule has 0 unspecified atom stereocenters. The Hall–Kier alpha value is -0.790. The van der Waals surface area contributed by atoms with Gasteiger partial charge in [0.15, 0.2) is 0 Å². The van der Waals surface area contributed by atoms with Crippen LogP contribution in [0.25, 0.3) is 0 Å². The van der Waals surface area contributed by atoms with Crippen molar-refractivity contribution in [3.63, 3.8) is 0 Å². The number of halogens is 1. The van der Waals surface area contributed by atoms with Gasteiger partial charge in [-0.2, -0.15) is 4.39 Å². The first-order valence-electron chi connectivity index (χ1n) is 3.53. The lowest BCUT2D eigenvalue weighted by molar-refractivity contribution is -0.0782. The van der Waals surface area contributed by atoms with E-state index in [9.17, 15) is 4.39 Å². The predicted octanol–water partition coefficient (Wildman–Crippen LogP) is 3.19. The van der Waals surface area contributed by atoms with Crippen LogP contribution in [0.4, 0.5) is 4.39 Å². The third kappa shape index (κ3) is 7.10. The first-order valence-corrected chi connectivity index (χ1v) is 3.53. The molecule has 0 heterocycles. The normalized spacial score (nSPS) is 13.0. The van der Waals surface area contributed by atoms with Gasteiger partial charge >= 0.3 is 0 Å². The fourth-order valence-electron chi connectivity index (χ4n) is 0.759. The lowest BCUT2D eigenvalue weighted by Crippen LogP contribution is -2.15. The first kappa shape index (κ1) is 10.2. The zero-order valence-corrected chi connectivity index (χ0v) is 7.57. The minimum atomic E-state index is -1.60. The molecule has 0 aromatic heterocycles. The van der Waals surface area contributed by atoms with Crippen molar-refractivity contribution >= 4 is 0 Å². The molecule has 1 nitrogen and oxygen atoms in total. The quantitative estimate of drug-likeness (QED) is 0.452. The fraction of sp³-hybridized carbons (Fsp3) is 0.556. The summed E-state index contributed by atoms with van der Waals surface area (Å²) in [6.45, 7) is 9.91. The van der Waals surface area contributed by atoms with Gasteiger partial charge in [-0.1, -0.05) is 12.2 Å². The Morgan fingerprint density at radius 1 is 1.45 bits per heavy atom. The highest BCUT2D eigenvalue weighted by Gasteiger charge is 2.15. The van der Waals surface area contributed by atoms with Crippen molar-refractivity contribution in [2.24, 2.45) is 0 Å². The summed E-state index contributed by atoms with van der Waals surface area (Å²) in [7, 11) is 0. The van der Waals surface area contributed by atoms with E-state index in [-0.39, 0.29) is 0 Å². The maximum Gasteiger partial charge on any atom is 0.242 e. The number of alkyl halides is 1. The second kappa shape index (κ2) is 3.56. The molecule has 0 bridgehead atoms. The summed E-state index contributed by atoms with van der Waals surface area (Å²) < 4.78 is 17.7. The molecule has 0 aromatic rings. The van der Waals surface area contributed by atoms with Crippen LogP contribution in [0.15, 0.2) is 24.0 Å². The molecule has 11 heavy (non-hydrogen) atoms. The molecule has 0 spiro atoms. The van der Waals surface area contributed by atoms with Gasteiger partial charge in [-0.05, 0) is 19.9 Å². The molecule has 0 aromatic carbocycles. The molecule has 64 valence electrons. The highest BCUT2D eigenvalue weighted by Crippen LogP contribution is 2.15. The van der Waals surface area contributed by atoms with Crippen molar-refractivity contribution < 1.29 is 9.13 Å². The van der Waals surface area contributed by atoms with E-state index in [1.807, 2.05) is 6.92 Å². The van der Waals surface area contributed by atoms with E-state index in [0.29, 0.717) is 5.76 Å². The van der Waals surface area contributed by atoms with Crippen LogP contribution >= 0.6 is 0 Å².